The summed E-state index contributed by atoms with van der Waals surface area (Å²) in [7, 11) is 1.74. The summed E-state index contributed by atoms with van der Waals surface area (Å²) in [5, 5.41) is 8.99. The summed E-state index contributed by atoms with van der Waals surface area (Å²) in [4.78, 5) is 17.4. The summed E-state index contributed by atoms with van der Waals surface area (Å²) in [6, 6.07) is 3.58. The van der Waals surface area contributed by atoms with E-state index in [9.17, 15) is 4.79 Å². The number of halogens is 2. The molecule has 3 rings (SSSR count). The van der Waals surface area contributed by atoms with Gasteiger partial charge in [-0.25, -0.2) is 4.98 Å². The van der Waals surface area contributed by atoms with Gasteiger partial charge < -0.3 is 15.5 Å². The minimum atomic E-state index is -0.136. The van der Waals surface area contributed by atoms with E-state index in [-0.39, 0.29) is 17.7 Å². The number of rotatable bonds is 7. The number of hydrogen-bond acceptors (Lipinski definition) is 6. The molecule has 28 heavy (non-hydrogen) atoms. The Labute approximate surface area is 177 Å². The molecule has 0 spiro atoms. The molecular weight excluding hydrogens is 446 g/mol. The van der Waals surface area contributed by atoms with E-state index in [0.717, 1.165) is 29.6 Å². The van der Waals surface area contributed by atoms with Crippen molar-refractivity contribution in [3.05, 3.63) is 38.3 Å². The Morgan fingerprint density at radius 1 is 1.54 bits per heavy atom. The third-order valence-corrected chi connectivity index (χ3v) is 6.09. The van der Waals surface area contributed by atoms with Gasteiger partial charge >= 0.3 is 0 Å². The first-order valence-corrected chi connectivity index (χ1v) is 10.6. The van der Waals surface area contributed by atoms with Gasteiger partial charge in [0.1, 0.15) is 0 Å². The second kappa shape index (κ2) is 9.82. The molecule has 0 amide bonds. The molecule has 9 heteroatoms. The fraction of sp³-hybridized carbons (Fsp3) is 0.526. The van der Waals surface area contributed by atoms with Gasteiger partial charge in [0, 0.05) is 30.6 Å². The zero-order valence-electron chi connectivity index (χ0n) is 16.0. The molecule has 2 heterocycles. The van der Waals surface area contributed by atoms with Crippen LogP contribution in [0, 0.1) is 0 Å². The monoisotopic (exact) mass is 469 g/mol. The Balaban J connectivity index is 1.87. The van der Waals surface area contributed by atoms with Crippen molar-refractivity contribution in [2.24, 2.45) is 5.10 Å². The zero-order valence-corrected chi connectivity index (χ0v) is 18.4. The smallest absolute Gasteiger partial charge is 0.261 e. The van der Waals surface area contributed by atoms with Gasteiger partial charge in [0.25, 0.3) is 5.56 Å². The van der Waals surface area contributed by atoms with E-state index < -0.39 is 0 Å². The molecule has 0 saturated carbocycles. The highest BCUT2D eigenvalue weighted by Gasteiger charge is 2.26. The minimum Gasteiger partial charge on any atom is -0.380 e. The molecule has 1 aliphatic rings. The van der Waals surface area contributed by atoms with Gasteiger partial charge in [-0.2, -0.15) is 5.10 Å². The summed E-state index contributed by atoms with van der Waals surface area (Å²) in [6.07, 6.45) is 4.52. The summed E-state index contributed by atoms with van der Waals surface area (Å²) >= 11 is 9.54. The summed E-state index contributed by atoms with van der Waals surface area (Å²) < 4.78 is 7.92. The molecule has 2 unspecified atom stereocenters. The van der Waals surface area contributed by atoms with Crippen LogP contribution in [-0.4, -0.2) is 47.6 Å². The quantitative estimate of drug-likeness (QED) is 0.480. The van der Waals surface area contributed by atoms with Crippen LogP contribution < -0.4 is 16.3 Å². The Morgan fingerprint density at radius 2 is 2.36 bits per heavy atom. The maximum absolute atomic E-state index is 12.9. The summed E-state index contributed by atoms with van der Waals surface area (Å²) in [5.74, 6) is 0. The molecule has 7 nitrogen and oxygen atoms in total. The van der Waals surface area contributed by atoms with Crippen LogP contribution >= 0.6 is 27.5 Å². The van der Waals surface area contributed by atoms with Crippen molar-refractivity contribution in [2.45, 2.75) is 44.9 Å². The second-order valence-electron chi connectivity index (χ2n) is 6.83. The molecule has 1 aliphatic heterocycles. The molecule has 0 aliphatic carbocycles. The Hall–Kier alpha value is -1.48. The van der Waals surface area contributed by atoms with E-state index in [1.807, 2.05) is 6.92 Å². The topological polar surface area (TPSA) is 80.5 Å². The number of nitrogens with zero attached hydrogens (tertiary/aromatic N) is 3. The molecule has 1 aromatic heterocycles. The maximum Gasteiger partial charge on any atom is 0.261 e. The highest BCUT2D eigenvalue weighted by atomic mass is 79.9. The van der Waals surface area contributed by atoms with Crippen molar-refractivity contribution < 1.29 is 4.74 Å². The number of methoxy groups -OCH3 is 1. The lowest BCUT2D eigenvalue weighted by atomic mass is 9.96. The minimum absolute atomic E-state index is 0.136. The van der Waals surface area contributed by atoms with Gasteiger partial charge in [0.15, 0.2) is 0 Å². The van der Waals surface area contributed by atoms with Crippen molar-refractivity contribution in [1.29, 1.82) is 0 Å². The Bertz CT molecular complexity index is 917. The van der Waals surface area contributed by atoms with E-state index in [1.54, 1.807) is 30.1 Å². The number of fused-ring (bicyclic) bond motifs is 1. The molecule has 2 N–H and O–H groups in total. The molecule has 2 aromatic rings. The molecule has 0 bridgehead atoms. The van der Waals surface area contributed by atoms with Crippen LogP contribution in [0.3, 0.4) is 0 Å². The van der Waals surface area contributed by atoms with Crippen molar-refractivity contribution in [2.75, 3.05) is 20.2 Å². The van der Waals surface area contributed by atoms with E-state index >= 15 is 0 Å². The van der Waals surface area contributed by atoms with Gasteiger partial charge in [-0.05, 0) is 54.4 Å². The number of aromatic nitrogens is 2. The van der Waals surface area contributed by atoms with E-state index in [1.165, 1.54) is 0 Å². The predicted molar refractivity (Wildman–Crippen MR) is 116 cm³/mol. The number of benzene rings is 1. The largest absolute Gasteiger partial charge is 0.380 e. The number of piperidine rings is 1. The van der Waals surface area contributed by atoms with Gasteiger partial charge in [-0.15, -0.1) is 0 Å². The molecule has 152 valence electrons. The van der Waals surface area contributed by atoms with Gasteiger partial charge in [0.05, 0.1) is 40.6 Å². The number of nitrogens with one attached hydrogen (secondary N) is 2. The molecule has 2 atom stereocenters. The van der Waals surface area contributed by atoms with Crippen molar-refractivity contribution in [3.8, 4) is 0 Å². The number of hydrazone groups is 1. The lowest BCUT2D eigenvalue weighted by Crippen LogP contribution is -2.47. The number of ether oxygens (including phenoxy) is 1. The van der Waals surface area contributed by atoms with Crippen LogP contribution in [-0.2, 0) is 11.3 Å². The highest BCUT2D eigenvalue weighted by molar-refractivity contribution is 9.10. The van der Waals surface area contributed by atoms with Gasteiger partial charge in [0.2, 0.25) is 0 Å². The Kier molecular flexibility index (Phi) is 7.45. The predicted octanol–water partition coefficient (Wildman–Crippen LogP) is 2.94. The SMILES string of the molecule is CCN/N=C(/CC1NCCCC1OC)Cn1cnc2cc(Br)c(Cl)cc2c1=O. The van der Waals surface area contributed by atoms with Crippen molar-refractivity contribution >= 4 is 44.1 Å². The van der Waals surface area contributed by atoms with Crippen LogP contribution in [0.5, 0.6) is 0 Å². The highest BCUT2D eigenvalue weighted by Crippen LogP contribution is 2.25. The standard InChI is InChI=1S/C19H25BrClN5O2/c1-3-24-25-12(7-17-18(28-2)5-4-6-22-17)10-26-11-23-16-9-14(20)15(21)8-13(16)19(26)27/h8-9,11,17-18,22,24H,3-7,10H2,1-2H3/b25-12-. The molecule has 1 fully saturated rings. The third-order valence-electron chi connectivity index (χ3n) is 4.89. The van der Waals surface area contributed by atoms with E-state index in [0.29, 0.717) is 35.4 Å². The fourth-order valence-electron chi connectivity index (χ4n) is 3.46. The van der Waals surface area contributed by atoms with Gasteiger partial charge in [-0.3, -0.25) is 9.36 Å². The first-order valence-electron chi connectivity index (χ1n) is 9.42. The second-order valence-corrected chi connectivity index (χ2v) is 8.09. The van der Waals surface area contributed by atoms with Crippen LogP contribution in [0.25, 0.3) is 10.9 Å². The van der Waals surface area contributed by atoms with E-state index in [4.69, 9.17) is 16.3 Å². The fourth-order valence-corrected chi connectivity index (χ4v) is 3.96. The van der Waals surface area contributed by atoms with Crippen molar-refractivity contribution in [1.82, 2.24) is 20.3 Å². The zero-order chi connectivity index (χ0) is 20.1. The van der Waals surface area contributed by atoms with Crippen LogP contribution in [0.15, 0.2) is 32.8 Å². The average molecular weight is 471 g/mol. The summed E-state index contributed by atoms with van der Waals surface area (Å²) in [5.41, 5.74) is 4.36. The normalized spacial score (nSPS) is 20.5. The first kappa shape index (κ1) is 21.2. The Morgan fingerprint density at radius 3 is 3.11 bits per heavy atom. The molecule has 0 radical (unpaired) electrons. The van der Waals surface area contributed by atoms with E-state index in [2.05, 4.69) is 36.8 Å². The van der Waals surface area contributed by atoms with Crippen molar-refractivity contribution in [3.63, 3.8) is 0 Å². The summed E-state index contributed by atoms with van der Waals surface area (Å²) in [6.45, 7) is 4.02. The van der Waals surface area contributed by atoms with Crippen LogP contribution in [0.2, 0.25) is 5.02 Å². The van der Waals surface area contributed by atoms with Gasteiger partial charge in [-0.1, -0.05) is 11.6 Å². The lowest BCUT2D eigenvalue weighted by Gasteiger charge is -2.32. The number of hydrogen-bond donors (Lipinski definition) is 2. The molecular formula is C19H25BrClN5O2. The maximum atomic E-state index is 12.9. The lowest BCUT2D eigenvalue weighted by molar-refractivity contribution is 0.0476. The van der Waals surface area contributed by atoms with Crippen LogP contribution in [0.1, 0.15) is 26.2 Å². The molecule has 1 saturated heterocycles. The third kappa shape index (κ3) is 4.92. The van der Waals surface area contributed by atoms with Crippen LogP contribution in [0.4, 0.5) is 0 Å². The molecule has 1 aromatic carbocycles. The average Bonchev–Trinajstić information content (AvgIpc) is 2.70. The first-order chi connectivity index (χ1) is 13.5.